The number of benzene rings is 2. The highest BCUT2D eigenvalue weighted by Crippen LogP contribution is 2.48. The molecule has 1 aliphatic carbocycles. The predicted molar refractivity (Wildman–Crippen MR) is 157 cm³/mol. The van der Waals surface area contributed by atoms with Crippen LogP contribution >= 0.6 is 0 Å². The van der Waals surface area contributed by atoms with Crippen LogP contribution < -0.4 is 4.74 Å². The van der Waals surface area contributed by atoms with Crippen molar-refractivity contribution in [1.82, 2.24) is 29.7 Å². The standard InChI is InChI=1S/C32H31F3N6O2/c1-16-17(2)43-31(4,5)27(16)26-24(42-25-9-7-22-30(28(25)33)39-18(3)38-22)8-6-21-29(26)40-23(13-36-21)20-12-37-41(15-20)14-19-10-32(34,35)11-19/h6-9,12-13,15,17,19H,10-11,14H2,1-5H3,(H,38,39). The van der Waals surface area contributed by atoms with Crippen LogP contribution in [0.2, 0.25) is 0 Å². The average Bonchev–Trinajstić information content (AvgIpc) is 3.60. The third-order valence-electron chi connectivity index (χ3n) is 8.45. The van der Waals surface area contributed by atoms with Gasteiger partial charge in [-0.3, -0.25) is 9.67 Å². The molecule has 1 aliphatic heterocycles. The van der Waals surface area contributed by atoms with E-state index in [9.17, 15) is 8.78 Å². The van der Waals surface area contributed by atoms with Crippen LogP contribution in [0.3, 0.4) is 0 Å². The molecule has 1 N–H and O–H groups in total. The first-order valence-corrected chi connectivity index (χ1v) is 14.3. The molecule has 3 aromatic heterocycles. The minimum Gasteiger partial charge on any atom is -0.453 e. The van der Waals surface area contributed by atoms with Crippen molar-refractivity contribution in [3.63, 3.8) is 0 Å². The number of hydrogen-bond acceptors (Lipinski definition) is 6. The second-order valence-corrected chi connectivity index (χ2v) is 12.2. The van der Waals surface area contributed by atoms with E-state index in [1.807, 2.05) is 27.7 Å². The summed E-state index contributed by atoms with van der Waals surface area (Å²) >= 11 is 0. The lowest BCUT2D eigenvalue weighted by atomic mass is 9.81. The highest BCUT2D eigenvalue weighted by Gasteiger charge is 2.45. The Labute approximate surface area is 246 Å². The largest absolute Gasteiger partial charge is 0.453 e. The fourth-order valence-electron chi connectivity index (χ4n) is 6.41. The van der Waals surface area contributed by atoms with Gasteiger partial charge < -0.3 is 14.5 Å². The molecule has 1 unspecified atom stereocenters. The Hall–Kier alpha value is -4.25. The van der Waals surface area contributed by atoms with E-state index in [-0.39, 0.29) is 36.1 Å². The zero-order chi connectivity index (χ0) is 30.3. The van der Waals surface area contributed by atoms with Crippen molar-refractivity contribution in [1.29, 1.82) is 0 Å². The Kier molecular flexibility index (Phi) is 6.18. The number of alkyl halides is 2. The Morgan fingerprint density at radius 1 is 1.05 bits per heavy atom. The molecule has 5 aromatic rings. The van der Waals surface area contributed by atoms with E-state index in [1.54, 1.807) is 54.5 Å². The third-order valence-corrected chi connectivity index (χ3v) is 8.45. The molecule has 222 valence electrons. The van der Waals surface area contributed by atoms with E-state index < -0.39 is 17.3 Å². The summed E-state index contributed by atoms with van der Waals surface area (Å²) in [6.07, 6.45) is 4.74. The topological polar surface area (TPSA) is 90.7 Å². The van der Waals surface area contributed by atoms with Crippen LogP contribution in [0, 0.1) is 18.7 Å². The van der Waals surface area contributed by atoms with E-state index >= 15 is 4.39 Å². The minimum absolute atomic E-state index is 0.0479. The number of H-pyrrole nitrogens is 1. The number of halogens is 3. The van der Waals surface area contributed by atoms with Crippen molar-refractivity contribution < 1.29 is 22.6 Å². The van der Waals surface area contributed by atoms with E-state index in [2.05, 4.69) is 15.1 Å². The quantitative estimate of drug-likeness (QED) is 0.219. The van der Waals surface area contributed by atoms with Crippen LogP contribution in [-0.4, -0.2) is 47.3 Å². The zero-order valence-corrected chi connectivity index (χ0v) is 24.5. The highest BCUT2D eigenvalue weighted by molar-refractivity contribution is 5.96. The SMILES string of the molecule is CC1=C(c2c(Oc3ccc4nc(C)[nH]c4c3F)ccc3ncc(-c4cnn(CC5CC(F)(F)C5)c4)nc23)C(C)(C)OC1C. The average molecular weight is 589 g/mol. The van der Waals surface area contributed by atoms with Gasteiger partial charge in [-0.2, -0.15) is 5.10 Å². The van der Waals surface area contributed by atoms with Crippen LogP contribution in [0.15, 0.2) is 48.4 Å². The summed E-state index contributed by atoms with van der Waals surface area (Å²) in [7, 11) is 0. The van der Waals surface area contributed by atoms with Crippen LogP contribution in [0.4, 0.5) is 13.2 Å². The van der Waals surface area contributed by atoms with Gasteiger partial charge in [-0.1, -0.05) is 0 Å². The minimum atomic E-state index is -2.57. The van der Waals surface area contributed by atoms with Gasteiger partial charge in [0.2, 0.25) is 5.92 Å². The molecule has 1 fully saturated rings. The second-order valence-electron chi connectivity index (χ2n) is 12.2. The van der Waals surface area contributed by atoms with Gasteiger partial charge in [-0.15, -0.1) is 0 Å². The van der Waals surface area contributed by atoms with Gasteiger partial charge in [0.1, 0.15) is 22.6 Å². The number of ether oxygens (including phenoxy) is 2. The molecule has 0 amide bonds. The number of imidazole rings is 1. The normalized spacial score (nSPS) is 19.9. The molecule has 4 heterocycles. The van der Waals surface area contributed by atoms with Gasteiger partial charge in [0.25, 0.3) is 0 Å². The maximum absolute atomic E-state index is 15.6. The molecule has 0 spiro atoms. The number of aryl methyl sites for hydroxylation is 1. The first kappa shape index (κ1) is 27.6. The molecule has 11 heteroatoms. The molecule has 1 atom stereocenters. The molecular formula is C32H31F3N6O2. The van der Waals surface area contributed by atoms with Gasteiger partial charge in [-0.05, 0) is 75.9 Å². The monoisotopic (exact) mass is 588 g/mol. The van der Waals surface area contributed by atoms with Gasteiger partial charge >= 0.3 is 0 Å². The molecule has 0 saturated heterocycles. The third kappa shape index (κ3) is 4.75. The Morgan fingerprint density at radius 3 is 2.51 bits per heavy atom. The predicted octanol–water partition coefficient (Wildman–Crippen LogP) is 7.63. The summed E-state index contributed by atoms with van der Waals surface area (Å²) in [5.74, 6) is -2.16. The first-order chi connectivity index (χ1) is 20.4. The van der Waals surface area contributed by atoms with Crippen molar-refractivity contribution in [2.45, 2.75) is 71.6 Å². The van der Waals surface area contributed by atoms with Crippen LogP contribution in [0.1, 0.15) is 51.9 Å². The van der Waals surface area contributed by atoms with Crippen molar-refractivity contribution in [3.8, 4) is 22.8 Å². The maximum Gasteiger partial charge on any atom is 0.248 e. The number of fused-ring (bicyclic) bond motifs is 2. The zero-order valence-electron chi connectivity index (χ0n) is 24.5. The lowest BCUT2D eigenvalue weighted by Gasteiger charge is -2.34. The Balaban J connectivity index is 1.35. The number of aromatic nitrogens is 6. The summed E-state index contributed by atoms with van der Waals surface area (Å²) in [5.41, 5.74) is 5.16. The fourth-order valence-corrected chi connectivity index (χ4v) is 6.41. The summed E-state index contributed by atoms with van der Waals surface area (Å²) in [6.45, 7) is 10.2. The molecule has 2 aliphatic rings. The number of aromatic amines is 1. The summed E-state index contributed by atoms with van der Waals surface area (Å²) in [6, 6.07) is 6.86. The van der Waals surface area contributed by atoms with Crippen molar-refractivity contribution in [2.24, 2.45) is 5.92 Å². The molecule has 7 rings (SSSR count). The Morgan fingerprint density at radius 2 is 1.79 bits per heavy atom. The highest BCUT2D eigenvalue weighted by atomic mass is 19.3. The Bertz CT molecular complexity index is 1930. The number of nitrogens with zero attached hydrogens (tertiary/aromatic N) is 5. The van der Waals surface area contributed by atoms with Crippen molar-refractivity contribution in [3.05, 3.63) is 65.6 Å². The van der Waals surface area contributed by atoms with Crippen LogP contribution in [-0.2, 0) is 11.3 Å². The smallest absolute Gasteiger partial charge is 0.248 e. The van der Waals surface area contributed by atoms with Gasteiger partial charge in [0.15, 0.2) is 11.6 Å². The number of rotatable bonds is 6. The molecule has 2 aromatic carbocycles. The summed E-state index contributed by atoms with van der Waals surface area (Å²) in [5, 5.41) is 4.40. The van der Waals surface area contributed by atoms with Crippen LogP contribution in [0.5, 0.6) is 11.5 Å². The molecule has 43 heavy (non-hydrogen) atoms. The van der Waals surface area contributed by atoms with E-state index in [1.165, 1.54) is 0 Å². The number of hydrogen-bond donors (Lipinski definition) is 1. The first-order valence-electron chi connectivity index (χ1n) is 14.3. The van der Waals surface area contributed by atoms with E-state index in [0.29, 0.717) is 51.5 Å². The second kappa shape index (κ2) is 9.63. The van der Waals surface area contributed by atoms with Crippen molar-refractivity contribution >= 4 is 27.6 Å². The fraction of sp³-hybridized carbons (Fsp3) is 0.375. The van der Waals surface area contributed by atoms with Gasteiger partial charge in [0, 0.05) is 31.1 Å². The summed E-state index contributed by atoms with van der Waals surface area (Å²) < 4.78 is 56.6. The van der Waals surface area contributed by atoms with E-state index in [0.717, 1.165) is 11.1 Å². The van der Waals surface area contributed by atoms with Gasteiger partial charge in [-0.25, -0.2) is 23.1 Å². The molecule has 0 bridgehead atoms. The van der Waals surface area contributed by atoms with Crippen LogP contribution in [0.25, 0.3) is 38.9 Å². The molecule has 0 radical (unpaired) electrons. The maximum atomic E-state index is 15.6. The van der Waals surface area contributed by atoms with Crippen molar-refractivity contribution in [2.75, 3.05) is 0 Å². The molecular weight excluding hydrogens is 557 g/mol. The lowest BCUT2D eigenvalue weighted by molar-refractivity contribution is -0.114. The van der Waals surface area contributed by atoms with E-state index in [4.69, 9.17) is 19.4 Å². The molecule has 1 saturated carbocycles. The van der Waals surface area contributed by atoms with Gasteiger partial charge in [0.05, 0.1) is 46.4 Å². The number of nitrogens with one attached hydrogen (secondary N) is 1. The lowest BCUT2D eigenvalue weighted by Crippen LogP contribution is -2.37. The molecule has 8 nitrogen and oxygen atoms in total. The summed E-state index contributed by atoms with van der Waals surface area (Å²) in [4.78, 5) is 17.0.